The first-order valence-electron chi connectivity index (χ1n) is 6.62. The molecule has 0 saturated carbocycles. The monoisotopic (exact) mass is 448 g/mol. The minimum Gasteiger partial charge on any atom is -0.396 e. The summed E-state index contributed by atoms with van der Waals surface area (Å²) < 4.78 is 1.81. The molecule has 1 atom stereocenters. The lowest BCUT2D eigenvalue weighted by Gasteiger charge is -2.14. The van der Waals surface area contributed by atoms with Crippen LogP contribution in [0.5, 0.6) is 0 Å². The molecule has 8 heteroatoms. The Bertz CT molecular complexity index is 465. The third kappa shape index (κ3) is 6.63. The maximum Gasteiger partial charge on any atom is 0.191 e. The SMILES string of the molecule is CCNC(=NCc1cc(Cl)c(Cl)n1C)NCC(C)CO.I. The first kappa shape index (κ1) is 20.8. The molecule has 21 heavy (non-hydrogen) atoms. The fourth-order valence-corrected chi connectivity index (χ4v) is 1.99. The molecule has 1 heterocycles. The van der Waals surface area contributed by atoms with E-state index < -0.39 is 0 Å². The van der Waals surface area contributed by atoms with Crippen LogP contribution in [0, 0.1) is 5.92 Å². The second-order valence-electron chi connectivity index (χ2n) is 4.70. The number of nitrogens with one attached hydrogen (secondary N) is 2. The number of aliphatic hydroxyl groups excluding tert-OH is 1. The smallest absolute Gasteiger partial charge is 0.191 e. The molecule has 1 rings (SSSR count). The van der Waals surface area contributed by atoms with Crippen molar-refractivity contribution in [2.45, 2.75) is 20.4 Å². The maximum absolute atomic E-state index is 9.02. The summed E-state index contributed by atoms with van der Waals surface area (Å²) in [7, 11) is 1.85. The molecule has 0 saturated heterocycles. The molecule has 0 aliphatic rings. The zero-order chi connectivity index (χ0) is 15.1. The van der Waals surface area contributed by atoms with Gasteiger partial charge in [-0.05, 0) is 18.9 Å². The molecule has 1 aromatic rings. The molecular formula is C13H23Cl2IN4O. The van der Waals surface area contributed by atoms with Gasteiger partial charge in [0.25, 0.3) is 0 Å². The van der Waals surface area contributed by atoms with E-state index in [0.717, 1.165) is 12.2 Å². The van der Waals surface area contributed by atoms with E-state index in [4.69, 9.17) is 28.3 Å². The Kier molecular flexibility index (Phi) is 10.4. The van der Waals surface area contributed by atoms with E-state index in [-0.39, 0.29) is 36.5 Å². The third-order valence-corrected chi connectivity index (χ3v) is 3.73. The molecule has 0 amide bonds. The van der Waals surface area contributed by atoms with Crippen LogP contribution in [-0.4, -0.2) is 35.3 Å². The average molecular weight is 449 g/mol. The van der Waals surface area contributed by atoms with Crippen LogP contribution in [0.1, 0.15) is 19.5 Å². The second-order valence-corrected chi connectivity index (χ2v) is 5.46. The molecule has 0 fully saturated rings. The topological polar surface area (TPSA) is 61.6 Å². The van der Waals surface area contributed by atoms with E-state index in [1.807, 2.05) is 31.5 Å². The van der Waals surface area contributed by atoms with Crippen LogP contribution < -0.4 is 10.6 Å². The predicted octanol–water partition coefficient (Wildman–Crippen LogP) is 2.63. The summed E-state index contributed by atoms with van der Waals surface area (Å²) in [5.74, 6) is 0.888. The number of guanidine groups is 1. The van der Waals surface area contributed by atoms with Gasteiger partial charge in [-0.15, -0.1) is 24.0 Å². The first-order valence-corrected chi connectivity index (χ1v) is 7.37. The molecule has 0 aliphatic heterocycles. The lowest BCUT2D eigenvalue weighted by atomic mass is 10.2. The summed E-state index contributed by atoms with van der Waals surface area (Å²) in [6.07, 6.45) is 0. The van der Waals surface area contributed by atoms with Gasteiger partial charge in [0.15, 0.2) is 5.96 Å². The van der Waals surface area contributed by atoms with Gasteiger partial charge in [0.1, 0.15) is 5.15 Å². The molecular weight excluding hydrogens is 426 g/mol. The summed E-state index contributed by atoms with van der Waals surface area (Å²) in [4.78, 5) is 4.48. The molecule has 0 bridgehead atoms. The average Bonchev–Trinajstić information content (AvgIpc) is 2.68. The number of hydrogen-bond donors (Lipinski definition) is 3. The van der Waals surface area contributed by atoms with E-state index in [0.29, 0.717) is 29.2 Å². The van der Waals surface area contributed by atoms with Crippen LogP contribution in [0.25, 0.3) is 0 Å². The number of nitrogens with zero attached hydrogens (tertiary/aromatic N) is 2. The highest BCUT2D eigenvalue weighted by atomic mass is 127. The highest BCUT2D eigenvalue weighted by Gasteiger charge is 2.09. The summed E-state index contributed by atoms with van der Waals surface area (Å²) in [5, 5.41) is 16.4. The van der Waals surface area contributed by atoms with Crippen LogP contribution in [0.4, 0.5) is 0 Å². The summed E-state index contributed by atoms with van der Waals surface area (Å²) in [6, 6.07) is 1.81. The van der Waals surface area contributed by atoms with Crippen molar-refractivity contribution >= 4 is 53.1 Å². The first-order chi connectivity index (χ1) is 9.49. The van der Waals surface area contributed by atoms with Crippen molar-refractivity contribution in [3.8, 4) is 0 Å². The normalized spacial score (nSPS) is 12.8. The van der Waals surface area contributed by atoms with E-state index >= 15 is 0 Å². The quantitative estimate of drug-likeness (QED) is 0.356. The Labute approximate surface area is 153 Å². The zero-order valence-electron chi connectivity index (χ0n) is 12.5. The van der Waals surface area contributed by atoms with E-state index in [1.54, 1.807) is 0 Å². The lowest BCUT2D eigenvalue weighted by molar-refractivity contribution is 0.238. The van der Waals surface area contributed by atoms with E-state index in [9.17, 15) is 0 Å². The Hall–Kier alpha value is -0.180. The molecule has 5 nitrogen and oxygen atoms in total. The van der Waals surface area contributed by atoms with E-state index in [2.05, 4.69) is 15.6 Å². The van der Waals surface area contributed by atoms with Crippen molar-refractivity contribution in [2.24, 2.45) is 18.0 Å². The van der Waals surface area contributed by atoms with Crippen LogP contribution in [0.3, 0.4) is 0 Å². The highest BCUT2D eigenvalue weighted by Crippen LogP contribution is 2.25. The fraction of sp³-hybridized carbons (Fsp3) is 0.615. The molecule has 0 radical (unpaired) electrons. The Morgan fingerprint density at radius 1 is 1.43 bits per heavy atom. The summed E-state index contributed by atoms with van der Waals surface area (Å²) in [6.45, 7) is 6.03. The standard InChI is InChI=1S/C13H22Cl2N4O.HI/c1-4-16-13(17-6-9(2)8-20)18-7-10-5-11(14)12(15)19(10)3;/h5,9,20H,4,6-8H2,1-3H3,(H2,16,17,18);1H. The number of halogens is 3. The summed E-state index contributed by atoms with van der Waals surface area (Å²) >= 11 is 12.0. The van der Waals surface area contributed by atoms with Gasteiger partial charge in [0.05, 0.1) is 11.6 Å². The van der Waals surface area contributed by atoms with Gasteiger partial charge < -0.3 is 20.3 Å². The fourth-order valence-electron chi connectivity index (χ4n) is 1.58. The Morgan fingerprint density at radius 2 is 2.10 bits per heavy atom. The largest absolute Gasteiger partial charge is 0.396 e. The highest BCUT2D eigenvalue weighted by molar-refractivity contribution is 14.0. The van der Waals surface area contributed by atoms with Crippen LogP contribution in [-0.2, 0) is 13.6 Å². The minimum absolute atomic E-state index is 0. The van der Waals surface area contributed by atoms with Crippen LogP contribution >= 0.6 is 47.2 Å². The Morgan fingerprint density at radius 3 is 2.57 bits per heavy atom. The molecule has 3 N–H and O–H groups in total. The van der Waals surface area contributed by atoms with Crippen molar-refractivity contribution < 1.29 is 5.11 Å². The van der Waals surface area contributed by atoms with Gasteiger partial charge in [0, 0.05) is 32.4 Å². The number of hydrogen-bond acceptors (Lipinski definition) is 2. The second kappa shape index (κ2) is 10.5. The van der Waals surface area contributed by atoms with Crippen molar-refractivity contribution in [3.05, 3.63) is 21.9 Å². The Balaban J connectivity index is 0.00000400. The van der Waals surface area contributed by atoms with E-state index in [1.165, 1.54) is 0 Å². The third-order valence-electron chi connectivity index (χ3n) is 2.89. The van der Waals surface area contributed by atoms with Gasteiger partial charge >= 0.3 is 0 Å². The molecule has 0 spiro atoms. The van der Waals surface area contributed by atoms with Gasteiger partial charge in [-0.2, -0.15) is 0 Å². The van der Waals surface area contributed by atoms with Crippen molar-refractivity contribution in [3.63, 3.8) is 0 Å². The van der Waals surface area contributed by atoms with Gasteiger partial charge in [0.2, 0.25) is 0 Å². The predicted molar refractivity (Wildman–Crippen MR) is 99.9 cm³/mol. The lowest BCUT2D eigenvalue weighted by Crippen LogP contribution is -2.40. The van der Waals surface area contributed by atoms with Crippen molar-refractivity contribution in [1.29, 1.82) is 0 Å². The molecule has 0 aliphatic carbocycles. The van der Waals surface area contributed by atoms with Crippen molar-refractivity contribution in [1.82, 2.24) is 15.2 Å². The summed E-state index contributed by atoms with van der Waals surface area (Å²) in [5.41, 5.74) is 0.937. The van der Waals surface area contributed by atoms with Gasteiger partial charge in [-0.3, -0.25) is 0 Å². The van der Waals surface area contributed by atoms with Crippen LogP contribution in [0.15, 0.2) is 11.1 Å². The minimum atomic E-state index is 0. The van der Waals surface area contributed by atoms with Gasteiger partial charge in [-0.25, -0.2) is 4.99 Å². The number of aliphatic imine (C=N–C) groups is 1. The number of aliphatic hydroxyl groups is 1. The molecule has 122 valence electrons. The van der Waals surface area contributed by atoms with Crippen LogP contribution in [0.2, 0.25) is 10.2 Å². The van der Waals surface area contributed by atoms with Gasteiger partial charge in [-0.1, -0.05) is 30.1 Å². The number of aromatic nitrogens is 1. The maximum atomic E-state index is 9.02. The molecule has 0 aromatic carbocycles. The molecule has 1 aromatic heterocycles. The number of rotatable bonds is 6. The zero-order valence-corrected chi connectivity index (χ0v) is 16.3. The molecule has 1 unspecified atom stereocenters. The van der Waals surface area contributed by atoms with Crippen molar-refractivity contribution in [2.75, 3.05) is 19.7 Å².